The van der Waals surface area contributed by atoms with Crippen molar-refractivity contribution in [2.75, 3.05) is 13.2 Å². The van der Waals surface area contributed by atoms with E-state index in [1.54, 1.807) is 0 Å². The number of nitrogens with two attached hydrogens (primary N) is 2. The second-order valence-electron chi connectivity index (χ2n) is 6.39. The number of halogens is 2. The van der Waals surface area contributed by atoms with Crippen molar-refractivity contribution >= 4 is 36.5 Å². The molecule has 0 saturated carbocycles. The maximum Gasteiger partial charge on any atom is 0.119 e. The van der Waals surface area contributed by atoms with Crippen molar-refractivity contribution in [1.82, 2.24) is 0 Å². The lowest BCUT2D eigenvalue weighted by Gasteiger charge is -2.09. The molecule has 0 amide bonds. The van der Waals surface area contributed by atoms with Crippen molar-refractivity contribution < 1.29 is 9.47 Å². The van der Waals surface area contributed by atoms with Gasteiger partial charge in [-0.2, -0.15) is 0 Å². The molecular formula is C21H30Cl2N4O2. The van der Waals surface area contributed by atoms with Gasteiger partial charge in [-0.1, -0.05) is 24.3 Å². The minimum Gasteiger partial charge on any atom is -0.493 e. The lowest BCUT2D eigenvalue weighted by Crippen LogP contribution is -2.10. The molecular weight excluding hydrogens is 411 g/mol. The number of aryl methyl sites for hydroxylation is 2. The average Bonchev–Trinajstić information content (AvgIpc) is 2.66. The molecule has 0 aromatic heterocycles. The summed E-state index contributed by atoms with van der Waals surface area (Å²) in [6, 6.07) is 15.8. The topological polar surface area (TPSA) is 118 Å². The quantitative estimate of drug-likeness (QED) is 0.225. The van der Waals surface area contributed by atoms with Gasteiger partial charge in [-0.3, -0.25) is 10.8 Å². The third-order valence-electron chi connectivity index (χ3n) is 4.04. The lowest BCUT2D eigenvalue weighted by molar-refractivity contribution is 0.247. The minimum absolute atomic E-state index is 0. The average molecular weight is 441 g/mol. The summed E-state index contributed by atoms with van der Waals surface area (Å²) in [7, 11) is 0. The minimum atomic E-state index is 0. The molecule has 6 nitrogen and oxygen atoms in total. The summed E-state index contributed by atoms with van der Waals surface area (Å²) in [5.74, 6) is 2.08. The van der Waals surface area contributed by atoms with Crippen LogP contribution in [0, 0.1) is 10.8 Å². The zero-order valence-electron chi connectivity index (χ0n) is 16.4. The third kappa shape index (κ3) is 11.2. The monoisotopic (exact) mass is 440 g/mol. The zero-order valence-corrected chi connectivity index (χ0v) is 18.0. The van der Waals surface area contributed by atoms with Gasteiger partial charge in [0.05, 0.1) is 24.9 Å². The number of ether oxygens (including phenoxy) is 2. The molecule has 6 N–H and O–H groups in total. The lowest BCUT2D eigenvalue weighted by atomic mass is 10.1. The standard InChI is InChI=1S/C21H28N4O2.2ClH/c22-20(23)12-6-16-2-8-18(9-3-16)26-14-1-15-27-19-10-4-17(5-11-19)7-13-21(24)25;;/h2-5,8-11H,1,6-7,12-15H2,(H3,22,23)(H3,24,25);2*1H. The van der Waals surface area contributed by atoms with Crippen molar-refractivity contribution in [2.24, 2.45) is 11.5 Å². The fraction of sp³-hybridized carbons (Fsp3) is 0.333. The second kappa shape index (κ2) is 14.5. The van der Waals surface area contributed by atoms with E-state index in [0.29, 0.717) is 26.1 Å². The second-order valence-corrected chi connectivity index (χ2v) is 6.39. The van der Waals surface area contributed by atoms with Crippen LogP contribution in [0.4, 0.5) is 0 Å². The normalized spacial score (nSPS) is 9.66. The van der Waals surface area contributed by atoms with Crippen molar-refractivity contribution in [3.05, 3.63) is 59.7 Å². The van der Waals surface area contributed by atoms with Crippen LogP contribution in [0.15, 0.2) is 48.5 Å². The van der Waals surface area contributed by atoms with Gasteiger partial charge in [0.1, 0.15) is 11.5 Å². The maximum absolute atomic E-state index is 7.25. The molecule has 0 heterocycles. The van der Waals surface area contributed by atoms with Gasteiger partial charge < -0.3 is 20.9 Å². The Kier molecular flexibility index (Phi) is 13.3. The smallest absolute Gasteiger partial charge is 0.119 e. The van der Waals surface area contributed by atoms with Crippen LogP contribution < -0.4 is 20.9 Å². The van der Waals surface area contributed by atoms with Gasteiger partial charge in [0.25, 0.3) is 0 Å². The molecule has 2 aromatic rings. The molecule has 0 radical (unpaired) electrons. The van der Waals surface area contributed by atoms with Crippen molar-refractivity contribution in [1.29, 1.82) is 10.8 Å². The molecule has 0 aliphatic heterocycles. The summed E-state index contributed by atoms with van der Waals surface area (Å²) in [6.07, 6.45) is 3.50. The van der Waals surface area contributed by atoms with E-state index < -0.39 is 0 Å². The number of hydrogen-bond donors (Lipinski definition) is 4. The summed E-state index contributed by atoms with van der Waals surface area (Å²) < 4.78 is 11.4. The predicted octanol–water partition coefficient (Wildman–Crippen LogP) is 4.12. The van der Waals surface area contributed by atoms with Gasteiger partial charge in [0.15, 0.2) is 0 Å². The van der Waals surface area contributed by atoms with Crippen LogP contribution in [0.2, 0.25) is 0 Å². The summed E-state index contributed by atoms with van der Waals surface area (Å²) in [6.45, 7) is 1.17. The molecule has 0 unspecified atom stereocenters. The first-order valence-electron chi connectivity index (χ1n) is 9.12. The molecule has 0 bridgehead atoms. The number of benzene rings is 2. The van der Waals surface area contributed by atoms with Crippen molar-refractivity contribution in [2.45, 2.75) is 32.1 Å². The van der Waals surface area contributed by atoms with Gasteiger partial charge in [-0.25, -0.2) is 0 Å². The molecule has 160 valence electrons. The van der Waals surface area contributed by atoms with Crippen LogP contribution in [0.3, 0.4) is 0 Å². The van der Waals surface area contributed by atoms with Crippen molar-refractivity contribution in [3.8, 4) is 11.5 Å². The number of rotatable bonds is 12. The van der Waals surface area contributed by atoms with Crippen molar-refractivity contribution in [3.63, 3.8) is 0 Å². The SMILES string of the molecule is Cl.Cl.N=C(N)CCc1ccc(OCCCOc2ccc(CCC(=N)N)cc2)cc1. The molecule has 2 rings (SSSR count). The van der Waals surface area contributed by atoms with Gasteiger partial charge in [0, 0.05) is 19.3 Å². The van der Waals surface area contributed by atoms with E-state index in [2.05, 4.69) is 0 Å². The maximum atomic E-state index is 7.25. The van der Waals surface area contributed by atoms with Crippen LogP contribution in [0.25, 0.3) is 0 Å². The highest BCUT2D eigenvalue weighted by Gasteiger charge is 2.00. The molecule has 29 heavy (non-hydrogen) atoms. The Balaban J connectivity index is 0.00000392. The summed E-state index contributed by atoms with van der Waals surface area (Å²) in [5, 5.41) is 14.5. The first kappa shape index (κ1) is 26.6. The molecule has 0 aliphatic rings. The number of amidine groups is 2. The Morgan fingerprint density at radius 3 is 1.31 bits per heavy atom. The highest BCUT2D eigenvalue weighted by molar-refractivity contribution is 5.85. The fourth-order valence-electron chi connectivity index (χ4n) is 2.50. The van der Waals surface area contributed by atoms with Gasteiger partial charge >= 0.3 is 0 Å². The van der Waals surface area contributed by atoms with Gasteiger partial charge in [0.2, 0.25) is 0 Å². The van der Waals surface area contributed by atoms with Crippen LogP contribution >= 0.6 is 24.8 Å². The number of nitrogens with one attached hydrogen (secondary N) is 2. The molecule has 0 fully saturated rings. The summed E-state index contributed by atoms with van der Waals surface area (Å²) >= 11 is 0. The van der Waals surface area contributed by atoms with Crippen LogP contribution in [-0.4, -0.2) is 24.9 Å². The first-order chi connectivity index (χ1) is 13.0. The Morgan fingerprint density at radius 1 is 0.655 bits per heavy atom. The fourth-order valence-corrected chi connectivity index (χ4v) is 2.50. The Hall–Kier alpha value is -2.44. The molecule has 0 aliphatic carbocycles. The molecule has 0 atom stereocenters. The van der Waals surface area contributed by atoms with Gasteiger partial charge in [-0.15, -0.1) is 24.8 Å². The van der Waals surface area contributed by atoms with E-state index in [-0.39, 0.29) is 36.5 Å². The Bertz CT molecular complexity index is 674. The van der Waals surface area contributed by atoms with Crippen LogP contribution in [0.5, 0.6) is 11.5 Å². The van der Waals surface area contributed by atoms with E-state index in [4.69, 9.17) is 31.8 Å². The third-order valence-corrected chi connectivity index (χ3v) is 4.04. The van der Waals surface area contributed by atoms with E-state index in [0.717, 1.165) is 41.9 Å². The molecule has 8 heteroatoms. The van der Waals surface area contributed by atoms with E-state index in [1.165, 1.54) is 0 Å². The molecule has 0 spiro atoms. The predicted molar refractivity (Wildman–Crippen MR) is 123 cm³/mol. The van der Waals surface area contributed by atoms with E-state index in [1.807, 2.05) is 48.5 Å². The number of hydrogen-bond acceptors (Lipinski definition) is 4. The zero-order chi connectivity index (χ0) is 19.5. The largest absolute Gasteiger partial charge is 0.493 e. The Labute approximate surface area is 184 Å². The van der Waals surface area contributed by atoms with Crippen LogP contribution in [0.1, 0.15) is 30.4 Å². The summed E-state index contributed by atoms with van der Waals surface area (Å²) in [5.41, 5.74) is 13.0. The Morgan fingerprint density at radius 2 is 1.00 bits per heavy atom. The molecule has 2 aromatic carbocycles. The highest BCUT2D eigenvalue weighted by Crippen LogP contribution is 2.15. The van der Waals surface area contributed by atoms with E-state index in [9.17, 15) is 0 Å². The first-order valence-corrected chi connectivity index (χ1v) is 9.12. The molecule has 0 saturated heterocycles. The van der Waals surface area contributed by atoms with Gasteiger partial charge in [-0.05, 0) is 48.2 Å². The highest BCUT2D eigenvalue weighted by atomic mass is 35.5. The van der Waals surface area contributed by atoms with Crippen LogP contribution in [-0.2, 0) is 12.8 Å². The summed E-state index contributed by atoms with van der Waals surface area (Å²) in [4.78, 5) is 0. The van der Waals surface area contributed by atoms with E-state index >= 15 is 0 Å².